The molecule has 1 unspecified atom stereocenters. The van der Waals surface area contributed by atoms with Gasteiger partial charge in [-0.15, -0.1) is 0 Å². The van der Waals surface area contributed by atoms with E-state index in [0.717, 1.165) is 23.4 Å². The van der Waals surface area contributed by atoms with Crippen molar-refractivity contribution in [3.63, 3.8) is 0 Å². The molecular weight excluding hydrogens is 224 g/mol. The monoisotopic (exact) mass is 236 g/mol. The van der Waals surface area contributed by atoms with Crippen molar-refractivity contribution >= 4 is 27.7 Å². The first-order valence-corrected chi connectivity index (χ1v) is 5.66. The lowest BCUT2D eigenvalue weighted by atomic mass is 10.2. The zero-order chi connectivity index (χ0) is 8.10. The zero-order valence-electron chi connectivity index (χ0n) is 6.51. The second kappa shape index (κ2) is 5.22. The van der Waals surface area contributed by atoms with Crippen LogP contribution in [-0.2, 0) is 4.74 Å². The lowest BCUT2D eigenvalue weighted by molar-refractivity contribution is 0.101. The maximum absolute atomic E-state index is 5.35. The van der Waals surface area contributed by atoms with Gasteiger partial charge in [0.05, 0.1) is 6.61 Å². The van der Waals surface area contributed by atoms with Crippen LogP contribution in [0.15, 0.2) is 11.1 Å². The van der Waals surface area contributed by atoms with Gasteiger partial charge in [0.25, 0.3) is 0 Å². The molecule has 0 saturated carbocycles. The second-order valence-electron chi connectivity index (χ2n) is 2.67. The van der Waals surface area contributed by atoms with Crippen LogP contribution in [0.1, 0.15) is 12.8 Å². The van der Waals surface area contributed by atoms with Gasteiger partial charge in [-0.05, 0) is 17.3 Å². The summed E-state index contributed by atoms with van der Waals surface area (Å²) < 4.78 is 6.43. The topological polar surface area (TPSA) is 9.23 Å². The van der Waals surface area contributed by atoms with Crippen LogP contribution in [0, 0.1) is 0 Å². The third kappa shape index (κ3) is 4.19. The first-order chi connectivity index (χ1) is 5.29. The standard InChI is InChI=1S/C8H13BrOS/c1-7(9)6-11-8-3-2-4-10-5-8/h8H,1-6H2. The van der Waals surface area contributed by atoms with Crippen molar-refractivity contribution in [3.8, 4) is 0 Å². The fraction of sp³-hybridized carbons (Fsp3) is 0.750. The predicted molar refractivity (Wildman–Crippen MR) is 54.4 cm³/mol. The Labute approximate surface area is 80.7 Å². The van der Waals surface area contributed by atoms with E-state index in [1.165, 1.54) is 12.8 Å². The quantitative estimate of drug-likeness (QED) is 0.746. The first kappa shape index (κ1) is 9.62. The molecule has 1 atom stereocenters. The summed E-state index contributed by atoms with van der Waals surface area (Å²) in [6.07, 6.45) is 2.51. The van der Waals surface area contributed by atoms with E-state index in [1.807, 2.05) is 11.8 Å². The summed E-state index contributed by atoms with van der Waals surface area (Å²) in [4.78, 5) is 0. The van der Waals surface area contributed by atoms with Crippen molar-refractivity contribution in [3.05, 3.63) is 11.1 Å². The van der Waals surface area contributed by atoms with Crippen LogP contribution in [-0.4, -0.2) is 24.2 Å². The highest BCUT2D eigenvalue weighted by atomic mass is 79.9. The normalized spacial score (nSPS) is 25.0. The molecule has 0 aromatic carbocycles. The van der Waals surface area contributed by atoms with Crippen LogP contribution >= 0.6 is 27.7 Å². The van der Waals surface area contributed by atoms with Gasteiger partial charge < -0.3 is 4.74 Å². The van der Waals surface area contributed by atoms with E-state index in [4.69, 9.17) is 4.74 Å². The van der Waals surface area contributed by atoms with Gasteiger partial charge in [0, 0.05) is 17.6 Å². The second-order valence-corrected chi connectivity index (χ2v) is 5.08. The summed E-state index contributed by atoms with van der Waals surface area (Å²) in [5.74, 6) is 1.01. The average Bonchev–Trinajstić information content (AvgIpc) is 2.03. The minimum absolute atomic E-state index is 0.693. The van der Waals surface area contributed by atoms with E-state index in [0.29, 0.717) is 5.25 Å². The van der Waals surface area contributed by atoms with Crippen molar-refractivity contribution in [1.82, 2.24) is 0 Å². The molecule has 0 aliphatic carbocycles. The Kier molecular flexibility index (Phi) is 4.57. The summed E-state index contributed by atoms with van der Waals surface area (Å²) in [6.45, 7) is 5.67. The number of halogens is 1. The molecule has 1 aliphatic rings. The highest BCUT2D eigenvalue weighted by Gasteiger charge is 2.13. The summed E-state index contributed by atoms with van der Waals surface area (Å²) in [5, 5.41) is 0.693. The molecule has 0 spiro atoms. The third-order valence-electron chi connectivity index (χ3n) is 1.59. The molecule has 0 bridgehead atoms. The molecule has 1 heterocycles. The van der Waals surface area contributed by atoms with Gasteiger partial charge in [-0.3, -0.25) is 0 Å². The smallest absolute Gasteiger partial charge is 0.0585 e. The molecule has 3 heteroatoms. The van der Waals surface area contributed by atoms with Gasteiger partial charge >= 0.3 is 0 Å². The molecule has 1 saturated heterocycles. The SMILES string of the molecule is C=C(Br)CSC1CCCOC1. The van der Waals surface area contributed by atoms with Crippen molar-refractivity contribution < 1.29 is 4.74 Å². The Morgan fingerprint density at radius 1 is 1.73 bits per heavy atom. The zero-order valence-corrected chi connectivity index (χ0v) is 8.92. The minimum atomic E-state index is 0.693. The Hall–Kier alpha value is 0.530. The molecule has 0 aromatic rings. The van der Waals surface area contributed by atoms with Gasteiger partial charge in [-0.25, -0.2) is 0 Å². The third-order valence-corrected chi connectivity index (χ3v) is 3.60. The minimum Gasteiger partial charge on any atom is -0.380 e. The maximum atomic E-state index is 5.35. The maximum Gasteiger partial charge on any atom is 0.0585 e. The molecule has 1 aliphatic heterocycles. The lowest BCUT2D eigenvalue weighted by Gasteiger charge is -2.21. The Morgan fingerprint density at radius 2 is 2.55 bits per heavy atom. The van der Waals surface area contributed by atoms with E-state index >= 15 is 0 Å². The molecular formula is C8H13BrOS. The van der Waals surface area contributed by atoms with Crippen LogP contribution in [0.4, 0.5) is 0 Å². The number of hydrogen-bond donors (Lipinski definition) is 0. The van der Waals surface area contributed by atoms with E-state index in [1.54, 1.807) is 0 Å². The highest BCUT2D eigenvalue weighted by molar-refractivity contribution is 9.11. The predicted octanol–water partition coefficient (Wildman–Crippen LogP) is 2.81. The molecule has 64 valence electrons. The van der Waals surface area contributed by atoms with Crippen molar-refractivity contribution in [2.24, 2.45) is 0 Å². The van der Waals surface area contributed by atoms with Gasteiger partial charge in [0.1, 0.15) is 0 Å². The van der Waals surface area contributed by atoms with Crippen LogP contribution < -0.4 is 0 Å². The fourth-order valence-corrected chi connectivity index (χ4v) is 2.39. The number of ether oxygens (including phenoxy) is 1. The molecule has 1 fully saturated rings. The molecule has 0 aromatic heterocycles. The molecule has 0 amide bonds. The lowest BCUT2D eigenvalue weighted by Crippen LogP contribution is -2.19. The molecule has 0 radical (unpaired) electrons. The number of rotatable bonds is 3. The summed E-state index contributed by atoms with van der Waals surface area (Å²) in [5.41, 5.74) is 0. The van der Waals surface area contributed by atoms with E-state index in [9.17, 15) is 0 Å². The number of thioether (sulfide) groups is 1. The first-order valence-electron chi connectivity index (χ1n) is 3.81. The number of hydrogen-bond acceptors (Lipinski definition) is 2. The molecule has 1 nitrogen and oxygen atoms in total. The fourth-order valence-electron chi connectivity index (χ4n) is 1.05. The van der Waals surface area contributed by atoms with Crippen LogP contribution in [0.5, 0.6) is 0 Å². The largest absolute Gasteiger partial charge is 0.380 e. The van der Waals surface area contributed by atoms with Gasteiger partial charge in [-0.1, -0.05) is 22.5 Å². The molecule has 11 heavy (non-hydrogen) atoms. The summed E-state index contributed by atoms with van der Waals surface area (Å²) in [6, 6.07) is 0. The van der Waals surface area contributed by atoms with E-state index in [-0.39, 0.29) is 0 Å². The van der Waals surface area contributed by atoms with E-state index < -0.39 is 0 Å². The Bertz CT molecular complexity index is 132. The van der Waals surface area contributed by atoms with Gasteiger partial charge in [0.2, 0.25) is 0 Å². The van der Waals surface area contributed by atoms with E-state index in [2.05, 4.69) is 22.5 Å². The van der Waals surface area contributed by atoms with Crippen LogP contribution in [0.3, 0.4) is 0 Å². The Morgan fingerprint density at radius 3 is 3.09 bits per heavy atom. The Balaban J connectivity index is 2.09. The van der Waals surface area contributed by atoms with Crippen molar-refractivity contribution in [2.75, 3.05) is 19.0 Å². The van der Waals surface area contributed by atoms with Crippen molar-refractivity contribution in [1.29, 1.82) is 0 Å². The van der Waals surface area contributed by atoms with Gasteiger partial charge in [0.15, 0.2) is 0 Å². The van der Waals surface area contributed by atoms with Crippen LogP contribution in [0.2, 0.25) is 0 Å². The average molecular weight is 237 g/mol. The summed E-state index contributed by atoms with van der Waals surface area (Å²) in [7, 11) is 0. The summed E-state index contributed by atoms with van der Waals surface area (Å²) >= 11 is 5.28. The highest BCUT2D eigenvalue weighted by Crippen LogP contribution is 2.23. The molecule has 0 N–H and O–H groups in total. The van der Waals surface area contributed by atoms with Crippen LogP contribution in [0.25, 0.3) is 0 Å². The van der Waals surface area contributed by atoms with Crippen molar-refractivity contribution in [2.45, 2.75) is 18.1 Å². The van der Waals surface area contributed by atoms with Gasteiger partial charge in [-0.2, -0.15) is 11.8 Å². The molecule has 1 rings (SSSR count).